The lowest BCUT2D eigenvalue weighted by atomic mass is 9.79. The molecular formula is C19H28ClN3O3. The Morgan fingerprint density at radius 1 is 1.31 bits per heavy atom. The van der Waals surface area contributed by atoms with Crippen molar-refractivity contribution >= 4 is 35.1 Å². The summed E-state index contributed by atoms with van der Waals surface area (Å²) in [5.41, 5.74) is 7.66. The van der Waals surface area contributed by atoms with Gasteiger partial charge >= 0.3 is 0 Å². The van der Waals surface area contributed by atoms with Crippen LogP contribution in [-0.4, -0.2) is 30.6 Å². The van der Waals surface area contributed by atoms with E-state index in [1.54, 1.807) is 0 Å². The van der Waals surface area contributed by atoms with Crippen molar-refractivity contribution in [3.05, 3.63) is 24.1 Å². The quantitative estimate of drug-likeness (QED) is 0.845. The molecule has 1 aliphatic rings. The number of anilines is 1. The molecule has 0 spiro atoms. The Balaban J connectivity index is 0.00000243. The van der Waals surface area contributed by atoms with Crippen LogP contribution in [0.2, 0.25) is 0 Å². The standard InChI is InChI=1S/C19H27N3O3.ClH/c1-18(2,3)11-16-22-14-10-13(4-5-15(14)25-16)21-17(23)19(12-20)6-8-24-9-7-19;/h4-5,10H,6-9,11-12,20H2,1-3H3,(H,21,23);1H. The first-order valence-corrected chi connectivity index (χ1v) is 8.80. The van der Waals surface area contributed by atoms with Gasteiger partial charge in [-0.25, -0.2) is 4.98 Å². The molecule has 1 aromatic heterocycles. The van der Waals surface area contributed by atoms with Crippen LogP contribution in [0.5, 0.6) is 0 Å². The van der Waals surface area contributed by atoms with Crippen LogP contribution in [0.4, 0.5) is 5.69 Å². The molecule has 1 saturated heterocycles. The number of nitrogens with zero attached hydrogens (tertiary/aromatic N) is 1. The number of oxazole rings is 1. The molecule has 2 heterocycles. The minimum absolute atomic E-state index is 0. The van der Waals surface area contributed by atoms with Gasteiger partial charge in [0.25, 0.3) is 0 Å². The first-order chi connectivity index (χ1) is 11.8. The zero-order valence-corrected chi connectivity index (χ0v) is 16.4. The highest BCUT2D eigenvalue weighted by atomic mass is 35.5. The Morgan fingerprint density at radius 3 is 2.62 bits per heavy atom. The van der Waals surface area contributed by atoms with Crippen molar-refractivity contribution in [2.75, 3.05) is 25.1 Å². The monoisotopic (exact) mass is 381 g/mol. The van der Waals surface area contributed by atoms with Gasteiger partial charge in [0.15, 0.2) is 11.5 Å². The number of ether oxygens (including phenoxy) is 1. The minimum Gasteiger partial charge on any atom is -0.441 e. The lowest BCUT2D eigenvalue weighted by Gasteiger charge is -2.34. The normalized spacial score (nSPS) is 16.9. The van der Waals surface area contributed by atoms with E-state index in [0.29, 0.717) is 44.2 Å². The SMILES string of the molecule is CC(C)(C)Cc1nc2cc(NC(=O)C3(CN)CCOCC3)ccc2o1.Cl. The van der Waals surface area contributed by atoms with Gasteiger partial charge in [0.1, 0.15) is 5.52 Å². The number of hydrogen-bond acceptors (Lipinski definition) is 5. The van der Waals surface area contributed by atoms with E-state index in [0.717, 1.165) is 17.5 Å². The second kappa shape index (κ2) is 7.94. The Kier molecular flexibility index (Phi) is 6.32. The number of halogens is 1. The van der Waals surface area contributed by atoms with Crippen LogP contribution in [-0.2, 0) is 16.0 Å². The topological polar surface area (TPSA) is 90.4 Å². The molecule has 0 bridgehead atoms. The van der Waals surface area contributed by atoms with Crippen molar-refractivity contribution < 1.29 is 13.9 Å². The molecule has 0 atom stereocenters. The highest BCUT2D eigenvalue weighted by molar-refractivity contribution is 5.97. The largest absolute Gasteiger partial charge is 0.441 e. The number of nitrogens with two attached hydrogens (primary N) is 1. The van der Waals surface area contributed by atoms with Gasteiger partial charge in [0, 0.05) is 31.9 Å². The zero-order valence-electron chi connectivity index (χ0n) is 15.6. The van der Waals surface area contributed by atoms with Crippen molar-refractivity contribution in [3.63, 3.8) is 0 Å². The molecule has 0 aliphatic carbocycles. The van der Waals surface area contributed by atoms with Crippen LogP contribution in [0.3, 0.4) is 0 Å². The van der Waals surface area contributed by atoms with Crippen LogP contribution < -0.4 is 11.1 Å². The molecule has 0 unspecified atom stereocenters. The highest BCUT2D eigenvalue weighted by Gasteiger charge is 2.38. The van der Waals surface area contributed by atoms with Crippen LogP contribution in [0, 0.1) is 10.8 Å². The second-order valence-electron chi connectivity index (χ2n) is 8.08. The van der Waals surface area contributed by atoms with E-state index in [9.17, 15) is 4.79 Å². The fourth-order valence-electron chi connectivity index (χ4n) is 3.13. The lowest BCUT2D eigenvalue weighted by Crippen LogP contribution is -2.46. The molecule has 7 heteroatoms. The number of hydrogen-bond donors (Lipinski definition) is 2. The molecule has 0 radical (unpaired) electrons. The van der Waals surface area contributed by atoms with Gasteiger partial charge in [-0.3, -0.25) is 4.79 Å². The van der Waals surface area contributed by atoms with Crippen LogP contribution in [0.15, 0.2) is 22.6 Å². The number of carbonyl (C=O) groups is 1. The zero-order chi connectivity index (χ0) is 18.1. The molecule has 6 nitrogen and oxygen atoms in total. The molecule has 1 fully saturated rings. The Morgan fingerprint density at radius 2 is 2.00 bits per heavy atom. The first kappa shape index (κ1) is 20.7. The molecule has 144 valence electrons. The molecular weight excluding hydrogens is 354 g/mol. The summed E-state index contributed by atoms with van der Waals surface area (Å²) in [5, 5.41) is 3.00. The average molecular weight is 382 g/mol. The Hall–Kier alpha value is -1.63. The van der Waals surface area contributed by atoms with Gasteiger partial charge in [-0.1, -0.05) is 20.8 Å². The van der Waals surface area contributed by atoms with E-state index < -0.39 is 5.41 Å². The third-order valence-electron chi connectivity index (χ3n) is 4.69. The van der Waals surface area contributed by atoms with E-state index in [4.69, 9.17) is 14.9 Å². The van der Waals surface area contributed by atoms with Gasteiger partial charge in [0.2, 0.25) is 5.91 Å². The molecule has 2 aromatic rings. The summed E-state index contributed by atoms with van der Waals surface area (Å²) in [6, 6.07) is 5.55. The summed E-state index contributed by atoms with van der Waals surface area (Å²) in [7, 11) is 0. The van der Waals surface area contributed by atoms with Crippen molar-refractivity contribution in [2.24, 2.45) is 16.6 Å². The number of carbonyl (C=O) groups excluding carboxylic acids is 1. The fourth-order valence-corrected chi connectivity index (χ4v) is 3.13. The van der Waals surface area contributed by atoms with Crippen LogP contribution >= 0.6 is 12.4 Å². The Bertz CT molecular complexity index is 761. The van der Waals surface area contributed by atoms with Gasteiger partial charge < -0.3 is 20.2 Å². The molecule has 1 amide bonds. The van der Waals surface area contributed by atoms with Crippen LogP contribution in [0.1, 0.15) is 39.5 Å². The molecule has 1 aliphatic heterocycles. The van der Waals surface area contributed by atoms with E-state index >= 15 is 0 Å². The van der Waals surface area contributed by atoms with E-state index in [1.807, 2.05) is 18.2 Å². The maximum atomic E-state index is 12.8. The van der Waals surface area contributed by atoms with E-state index in [-0.39, 0.29) is 23.7 Å². The Labute approximate surface area is 160 Å². The molecule has 3 N–H and O–H groups in total. The maximum absolute atomic E-state index is 12.8. The number of rotatable bonds is 4. The number of benzene rings is 1. The molecule has 3 rings (SSSR count). The van der Waals surface area contributed by atoms with Crippen LogP contribution in [0.25, 0.3) is 11.1 Å². The smallest absolute Gasteiger partial charge is 0.232 e. The highest BCUT2D eigenvalue weighted by Crippen LogP contribution is 2.31. The number of nitrogens with one attached hydrogen (secondary N) is 1. The predicted molar refractivity (Wildman–Crippen MR) is 105 cm³/mol. The van der Waals surface area contributed by atoms with Gasteiger partial charge in [-0.05, 0) is 36.5 Å². The molecule has 26 heavy (non-hydrogen) atoms. The predicted octanol–water partition coefficient (Wildman–Crippen LogP) is 3.53. The van der Waals surface area contributed by atoms with Crippen molar-refractivity contribution in [3.8, 4) is 0 Å². The van der Waals surface area contributed by atoms with Crippen molar-refractivity contribution in [2.45, 2.75) is 40.0 Å². The number of fused-ring (bicyclic) bond motifs is 1. The summed E-state index contributed by atoms with van der Waals surface area (Å²) in [5.74, 6) is 0.671. The number of amides is 1. The van der Waals surface area contributed by atoms with Crippen molar-refractivity contribution in [1.82, 2.24) is 4.98 Å². The summed E-state index contributed by atoms with van der Waals surface area (Å²) in [4.78, 5) is 17.3. The summed E-state index contributed by atoms with van der Waals surface area (Å²) in [6.07, 6.45) is 2.06. The third-order valence-corrected chi connectivity index (χ3v) is 4.69. The van der Waals surface area contributed by atoms with E-state index in [2.05, 4.69) is 31.1 Å². The summed E-state index contributed by atoms with van der Waals surface area (Å²) < 4.78 is 11.2. The second-order valence-corrected chi connectivity index (χ2v) is 8.08. The first-order valence-electron chi connectivity index (χ1n) is 8.80. The molecule has 0 saturated carbocycles. The number of aromatic nitrogens is 1. The summed E-state index contributed by atoms with van der Waals surface area (Å²) >= 11 is 0. The maximum Gasteiger partial charge on any atom is 0.232 e. The van der Waals surface area contributed by atoms with Crippen molar-refractivity contribution in [1.29, 1.82) is 0 Å². The van der Waals surface area contributed by atoms with Gasteiger partial charge in [0.05, 0.1) is 5.41 Å². The lowest BCUT2D eigenvalue weighted by molar-refractivity contribution is -0.130. The van der Waals surface area contributed by atoms with E-state index in [1.165, 1.54) is 0 Å². The van der Waals surface area contributed by atoms with Gasteiger partial charge in [-0.15, -0.1) is 12.4 Å². The fraction of sp³-hybridized carbons (Fsp3) is 0.579. The summed E-state index contributed by atoms with van der Waals surface area (Å²) in [6.45, 7) is 7.91. The van der Waals surface area contributed by atoms with Gasteiger partial charge in [-0.2, -0.15) is 0 Å². The molecule has 1 aromatic carbocycles. The average Bonchev–Trinajstić information content (AvgIpc) is 2.94. The third kappa shape index (κ3) is 4.55. The minimum atomic E-state index is -0.547.